The largest absolute Gasteiger partial charge is 0.323 e. The molecule has 0 aromatic rings. The molecule has 0 radical (unpaired) electrons. The molecule has 1 fully saturated rings. The summed E-state index contributed by atoms with van der Waals surface area (Å²) >= 11 is 0. The van der Waals surface area contributed by atoms with Crippen LogP contribution in [0.25, 0.3) is 0 Å². The van der Waals surface area contributed by atoms with E-state index in [-0.39, 0.29) is 12.1 Å². The van der Waals surface area contributed by atoms with Gasteiger partial charge in [-0.25, -0.2) is 4.79 Å². The average Bonchev–Trinajstić information content (AvgIpc) is 2.40. The van der Waals surface area contributed by atoms with E-state index in [9.17, 15) is 4.79 Å². The maximum Gasteiger partial charge on any atom is 0.323 e. The van der Waals surface area contributed by atoms with Gasteiger partial charge in [0.25, 0.3) is 0 Å². The second-order valence-electron chi connectivity index (χ2n) is 4.72. The van der Waals surface area contributed by atoms with Crippen LogP contribution < -0.4 is 5.32 Å². The number of carbonyl (C=O) groups excluding carboxylic acids is 1. The van der Waals surface area contributed by atoms with Crippen LogP contribution in [0, 0.1) is 17.2 Å². The predicted octanol–water partition coefficient (Wildman–Crippen LogP) is 2.06. The van der Waals surface area contributed by atoms with Crippen LogP contribution in [0.15, 0.2) is 0 Å². The van der Waals surface area contributed by atoms with E-state index >= 15 is 0 Å². The van der Waals surface area contributed by atoms with Gasteiger partial charge in [0.1, 0.15) is 5.84 Å². The molecule has 1 aliphatic heterocycles. The molecule has 0 bridgehead atoms. The van der Waals surface area contributed by atoms with Crippen molar-refractivity contribution in [3.63, 3.8) is 0 Å². The minimum Gasteiger partial charge on any atom is -0.314 e. The quantitative estimate of drug-likeness (QED) is 0.734. The molecule has 1 aliphatic rings. The Morgan fingerprint density at radius 2 is 2.07 bits per heavy atom. The van der Waals surface area contributed by atoms with Gasteiger partial charge in [0.15, 0.2) is 0 Å². The van der Waals surface area contributed by atoms with E-state index in [2.05, 4.69) is 33.0 Å². The van der Waals surface area contributed by atoms with Crippen molar-refractivity contribution in [2.45, 2.75) is 40.2 Å². The van der Waals surface area contributed by atoms with Gasteiger partial charge in [0.05, 0.1) is 6.04 Å². The van der Waals surface area contributed by atoms with Gasteiger partial charge in [0, 0.05) is 6.54 Å². The Morgan fingerprint density at radius 3 is 2.53 bits per heavy atom. The second-order valence-corrected chi connectivity index (χ2v) is 4.72. The molecule has 2 amide bonds. The first-order valence-corrected chi connectivity index (χ1v) is 5.63. The number of hydrogen-bond donors (Lipinski definition) is 2. The molecule has 1 rings (SSSR count). The Balaban J connectivity index is 2.80. The van der Waals surface area contributed by atoms with Gasteiger partial charge < -0.3 is 4.90 Å². The third kappa shape index (κ3) is 2.49. The fourth-order valence-electron chi connectivity index (χ4n) is 1.95. The molecular formula is C11H21N3O. The number of nitrogens with one attached hydrogen (secondary N) is 2. The van der Waals surface area contributed by atoms with Crippen LogP contribution >= 0.6 is 0 Å². The normalized spacial score (nSPS) is 23.5. The van der Waals surface area contributed by atoms with Crippen LogP contribution in [-0.4, -0.2) is 29.4 Å². The minimum absolute atomic E-state index is 0.0510. The lowest BCUT2D eigenvalue weighted by Gasteiger charge is -2.28. The molecule has 15 heavy (non-hydrogen) atoms. The van der Waals surface area contributed by atoms with E-state index in [0.717, 1.165) is 13.0 Å². The number of rotatable bonds is 4. The Hall–Kier alpha value is -1.06. The number of hydrogen-bond acceptors (Lipinski definition) is 2. The van der Waals surface area contributed by atoms with Gasteiger partial charge in [-0.3, -0.25) is 10.7 Å². The van der Waals surface area contributed by atoms with Crippen molar-refractivity contribution in [3.8, 4) is 0 Å². The molecular weight excluding hydrogens is 190 g/mol. The van der Waals surface area contributed by atoms with Crippen LogP contribution in [0.2, 0.25) is 0 Å². The molecule has 2 atom stereocenters. The summed E-state index contributed by atoms with van der Waals surface area (Å²) in [7, 11) is 0. The van der Waals surface area contributed by atoms with Crippen LogP contribution in [0.4, 0.5) is 4.79 Å². The van der Waals surface area contributed by atoms with Crippen molar-refractivity contribution in [2.75, 3.05) is 6.54 Å². The van der Waals surface area contributed by atoms with Gasteiger partial charge in [-0.15, -0.1) is 0 Å². The Labute approximate surface area is 91.5 Å². The molecule has 0 aromatic carbocycles. The maximum atomic E-state index is 11.6. The number of amidine groups is 1. The standard InChI is InChI=1S/C11H21N3O/c1-5-8(4)9-10(12)13-11(15)14(9)6-7(2)3/h7-9H,5-6H2,1-4H3,(H2,12,13,15). The maximum absolute atomic E-state index is 11.6. The van der Waals surface area contributed by atoms with Crippen molar-refractivity contribution in [1.29, 1.82) is 5.41 Å². The summed E-state index contributed by atoms with van der Waals surface area (Å²) in [5.74, 6) is 1.14. The molecule has 2 unspecified atom stereocenters. The van der Waals surface area contributed by atoms with Crippen LogP contribution in [0.5, 0.6) is 0 Å². The summed E-state index contributed by atoms with van der Waals surface area (Å²) in [6.07, 6.45) is 0.983. The first-order valence-electron chi connectivity index (χ1n) is 5.63. The number of amides is 2. The van der Waals surface area contributed by atoms with Crippen LogP contribution in [0.1, 0.15) is 34.1 Å². The van der Waals surface area contributed by atoms with E-state index < -0.39 is 0 Å². The van der Waals surface area contributed by atoms with Gasteiger partial charge in [-0.2, -0.15) is 0 Å². The highest BCUT2D eigenvalue weighted by molar-refractivity contribution is 6.05. The SMILES string of the molecule is CCC(C)C1C(=N)NC(=O)N1CC(C)C. The fourth-order valence-corrected chi connectivity index (χ4v) is 1.95. The van der Waals surface area contributed by atoms with Gasteiger partial charge in [0.2, 0.25) is 0 Å². The van der Waals surface area contributed by atoms with E-state index in [1.54, 1.807) is 4.90 Å². The van der Waals surface area contributed by atoms with Gasteiger partial charge in [-0.05, 0) is 11.8 Å². The molecule has 1 heterocycles. The van der Waals surface area contributed by atoms with Crippen LogP contribution in [0.3, 0.4) is 0 Å². The first kappa shape index (κ1) is 12.0. The fraction of sp³-hybridized carbons (Fsp3) is 0.818. The lowest BCUT2D eigenvalue weighted by molar-refractivity contribution is 0.183. The Morgan fingerprint density at radius 1 is 1.47 bits per heavy atom. The summed E-state index contributed by atoms with van der Waals surface area (Å²) in [5, 5.41) is 10.4. The van der Waals surface area contributed by atoms with Crippen LogP contribution in [-0.2, 0) is 0 Å². The molecule has 0 aliphatic carbocycles. The van der Waals surface area contributed by atoms with Crippen molar-refractivity contribution in [3.05, 3.63) is 0 Å². The third-order valence-corrected chi connectivity index (χ3v) is 2.88. The van der Waals surface area contributed by atoms with E-state index in [4.69, 9.17) is 5.41 Å². The molecule has 1 saturated heterocycles. The molecule has 86 valence electrons. The summed E-state index contributed by atoms with van der Waals surface area (Å²) in [6.45, 7) is 9.08. The lowest BCUT2D eigenvalue weighted by atomic mass is 9.97. The monoisotopic (exact) mass is 211 g/mol. The van der Waals surface area contributed by atoms with Gasteiger partial charge in [-0.1, -0.05) is 34.1 Å². The zero-order valence-corrected chi connectivity index (χ0v) is 10.0. The molecule has 2 N–H and O–H groups in total. The predicted molar refractivity (Wildman–Crippen MR) is 61.0 cm³/mol. The first-order chi connectivity index (χ1) is 6.97. The van der Waals surface area contributed by atoms with Crippen molar-refractivity contribution < 1.29 is 4.79 Å². The Bertz CT molecular complexity index is 263. The highest BCUT2D eigenvalue weighted by atomic mass is 16.2. The zero-order valence-electron chi connectivity index (χ0n) is 10.0. The highest BCUT2D eigenvalue weighted by Gasteiger charge is 2.38. The van der Waals surface area contributed by atoms with Gasteiger partial charge >= 0.3 is 6.03 Å². The van der Waals surface area contributed by atoms with Crippen molar-refractivity contribution in [1.82, 2.24) is 10.2 Å². The smallest absolute Gasteiger partial charge is 0.314 e. The summed E-state index contributed by atoms with van der Waals surface area (Å²) in [5.41, 5.74) is 0. The molecule has 0 spiro atoms. The minimum atomic E-state index is -0.112. The third-order valence-electron chi connectivity index (χ3n) is 2.88. The van der Waals surface area contributed by atoms with E-state index in [1.165, 1.54) is 0 Å². The van der Waals surface area contributed by atoms with Crippen molar-refractivity contribution >= 4 is 11.9 Å². The zero-order chi connectivity index (χ0) is 11.6. The van der Waals surface area contributed by atoms with E-state index in [1.807, 2.05) is 0 Å². The number of nitrogens with zero attached hydrogens (tertiary/aromatic N) is 1. The highest BCUT2D eigenvalue weighted by Crippen LogP contribution is 2.21. The van der Waals surface area contributed by atoms with Crippen molar-refractivity contribution in [2.24, 2.45) is 11.8 Å². The summed E-state index contributed by atoms with van der Waals surface area (Å²) < 4.78 is 0. The second kappa shape index (κ2) is 4.64. The molecule has 0 saturated carbocycles. The molecule has 4 heteroatoms. The lowest BCUT2D eigenvalue weighted by Crippen LogP contribution is -2.41. The topological polar surface area (TPSA) is 56.2 Å². The summed E-state index contributed by atoms with van der Waals surface area (Å²) in [4.78, 5) is 13.4. The molecule has 0 aromatic heterocycles. The number of carbonyl (C=O) groups is 1. The summed E-state index contributed by atoms with van der Waals surface area (Å²) in [6, 6.07) is -0.163. The number of urea groups is 1. The van der Waals surface area contributed by atoms with E-state index in [0.29, 0.717) is 17.7 Å². The average molecular weight is 211 g/mol. The Kier molecular flexibility index (Phi) is 3.72. The molecule has 4 nitrogen and oxygen atoms in total.